The number of benzene rings is 3. The van der Waals surface area contributed by atoms with E-state index in [0.717, 1.165) is 5.56 Å². The average molecular weight is 491 g/mol. The molecule has 0 aliphatic carbocycles. The van der Waals surface area contributed by atoms with Gasteiger partial charge in [-0.25, -0.2) is 4.79 Å². The van der Waals surface area contributed by atoms with Gasteiger partial charge in [-0.05, 0) is 17.7 Å². The molecule has 1 aliphatic rings. The van der Waals surface area contributed by atoms with Crippen LogP contribution in [0.2, 0.25) is 0 Å². The molecular weight excluding hydrogens is 464 g/mol. The second kappa shape index (κ2) is 10.8. The molecule has 3 aromatic rings. The van der Waals surface area contributed by atoms with Crippen molar-refractivity contribution in [3.05, 3.63) is 105 Å². The summed E-state index contributed by atoms with van der Waals surface area (Å²) in [6.45, 7) is 0.120. The standard InChI is InChI=1S/C27H26N2O7/c1-33-21-14-13-19(23(16-21)34-2)15-24-28(17-20-11-7-8-12-22(20)29(31)32)25(18-9-5-4-6-10-18)26(36-24)27(30)35-3/h4-16,25-26H,17H2,1-3H3/b24-15-/t25-,26+/m0/s1. The van der Waals surface area contributed by atoms with Crippen molar-refractivity contribution in [1.82, 2.24) is 4.90 Å². The number of methoxy groups -OCH3 is 3. The van der Waals surface area contributed by atoms with Gasteiger partial charge in [-0.3, -0.25) is 10.1 Å². The monoisotopic (exact) mass is 490 g/mol. The first-order valence-electron chi connectivity index (χ1n) is 11.2. The number of rotatable bonds is 8. The first kappa shape index (κ1) is 24.6. The molecule has 0 aromatic heterocycles. The third-order valence-corrected chi connectivity index (χ3v) is 5.98. The molecule has 9 heteroatoms. The van der Waals surface area contributed by atoms with Gasteiger partial charge < -0.3 is 23.8 Å². The maximum absolute atomic E-state index is 12.8. The van der Waals surface area contributed by atoms with Gasteiger partial charge in [0, 0.05) is 29.3 Å². The van der Waals surface area contributed by atoms with Crippen LogP contribution in [0.5, 0.6) is 11.5 Å². The van der Waals surface area contributed by atoms with Crippen molar-refractivity contribution < 1.29 is 28.7 Å². The molecule has 1 aliphatic heterocycles. The van der Waals surface area contributed by atoms with E-state index in [1.807, 2.05) is 35.2 Å². The van der Waals surface area contributed by atoms with E-state index < -0.39 is 23.0 Å². The molecule has 0 radical (unpaired) electrons. The maximum atomic E-state index is 12.8. The van der Waals surface area contributed by atoms with Crippen molar-refractivity contribution >= 4 is 17.7 Å². The molecule has 0 N–H and O–H groups in total. The van der Waals surface area contributed by atoms with Gasteiger partial charge in [-0.2, -0.15) is 0 Å². The van der Waals surface area contributed by atoms with E-state index in [1.54, 1.807) is 56.7 Å². The molecule has 9 nitrogen and oxygen atoms in total. The fraction of sp³-hybridized carbons (Fsp3) is 0.222. The average Bonchev–Trinajstić information content (AvgIpc) is 3.26. The van der Waals surface area contributed by atoms with Crippen molar-refractivity contribution in [2.75, 3.05) is 21.3 Å². The summed E-state index contributed by atoms with van der Waals surface area (Å²) in [5.41, 5.74) is 1.94. The van der Waals surface area contributed by atoms with Crippen LogP contribution in [-0.4, -0.2) is 43.2 Å². The van der Waals surface area contributed by atoms with Crippen LogP contribution in [0.1, 0.15) is 22.7 Å². The van der Waals surface area contributed by atoms with Crippen LogP contribution in [0.3, 0.4) is 0 Å². The Kier molecular flexibility index (Phi) is 7.39. The Hall–Kier alpha value is -4.53. The van der Waals surface area contributed by atoms with Gasteiger partial charge in [0.15, 0.2) is 5.88 Å². The number of nitro groups is 1. The smallest absolute Gasteiger partial charge is 0.349 e. The molecule has 0 saturated carbocycles. The lowest BCUT2D eigenvalue weighted by atomic mass is 9.99. The summed E-state index contributed by atoms with van der Waals surface area (Å²) < 4.78 is 22.1. The Balaban J connectivity index is 1.87. The SMILES string of the molecule is COC(=O)[C@@H]1O/C(=C\c2ccc(OC)cc2OC)N(Cc2ccccc2[N+](=O)[O-])[C@H]1c1ccccc1. The van der Waals surface area contributed by atoms with Gasteiger partial charge in [-0.1, -0.05) is 48.5 Å². The molecule has 36 heavy (non-hydrogen) atoms. The Morgan fingerprint density at radius 1 is 1.03 bits per heavy atom. The molecule has 0 bridgehead atoms. The van der Waals surface area contributed by atoms with Crippen LogP contribution >= 0.6 is 0 Å². The van der Waals surface area contributed by atoms with Gasteiger partial charge in [-0.15, -0.1) is 0 Å². The van der Waals surface area contributed by atoms with E-state index in [9.17, 15) is 14.9 Å². The predicted octanol–water partition coefficient (Wildman–Crippen LogP) is 4.73. The zero-order chi connectivity index (χ0) is 25.7. The van der Waals surface area contributed by atoms with E-state index in [-0.39, 0.29) is 12.2 Å². The van der Waals surface area contributed by atoms with Crippen LogP contribution in [0.25, 0.3) is 6.08 Å². The highest BCUT2D eigenvalue weighted by molar-refractivity contribution is 5.77. The van der Waals surface area contributed by atoms with Gasteiger partial charge in [0.05, 0.1) is 32.8 Å². The predicted molar refractivity (Wildman–Crippen MR) is 132 cm³/mol. The largest absolute Gasteiger partial charge is 0.497 e. The third kappa shape index (κ3) is 4.95. The number of carbonyl (C=O) groups excluding carboxylic acids is 1. The van der Waals surface area contributed by atoms with Crippen LogP contribution in [-0.2, 0) is 20.8 Å². The minimum Gasteiger partial charge on any atom is -0.497 e. The molecule has 1 saturated heterocycles. The number of hydrogen-bond donors (Lipinski definition) is 0. The quantitative estimate of drug-likeness (QED) is 0.254. The maximum Gasteiger partial charge on any atom is 0.349 e. The van der Waals surface area contributed by atoms with Crippen molar-refractivity contribution in [2.24, 2.45) is 0 Å². The topological polar surface area (TPSA) is 100 Å². The lowest BCUT2D eigenvalue weighted by Crippen LogP contribution is -2.32. The molecule has 2 atom stereocenters. The van der Waals surface area contributed by atoms with Crippen LogP contribution in [0.15, 0.2) is 78.7 Å². The second-order valence-electron chi connectivity index (χ2n) is 8.02. The lowest BCUT2D eigenvalue weighted by Gasteiger charge is -2.26. The number of ether oxygens (including phenoxy) is 4. The molecule has 0 amide bonds. The van der Waals surface area contributed by atoms with E-state index in [1.165, 1.54) is 13.2 Å². The lowest BCUT2D eigenvalue weighted by molar-refractivity contribution is -0.385. The summed E-state index contributed by atoms with van der Waals surface area (Å²) in [4.78, 5) is 26.0. The summed E-state index contributed by atoms with van der Waals surface area (Å²) in [6.07, 6.45) is 0.752. The zero-order valence-corrected chi connectivity index (χ0v) is 20.1. The summed E-state index contributed by atoms with van der Waals surface area (Å²) >= 11 is 0. The fourth-order valence-electron chi connectivity index (χ4n) is 4.23. The van der Waals surface area contributed by atoms with Crippen molar-refractivity contribution in [1.29, 1.82) is 0 Å². The molecule has 0 spiro atoms. The summed E-state index contributed by atoms with van der Waals surface area (Å²) in [7, 11) is 4.41. The minimum atomic E-state index is -0.990. The highest BCUT2D eigenvalue weighted by Crippen LogP contribution is 2.42. The highest BCUT2D eigenvalue weighted by atomic mass is 16.6. The molecular formula is C27H26N2O7. The van der Waals surface area contributed by atoms with Crippen LogP contribution in [0, 0.1) is 10.1 Å². The number of para-hydroxylation sites is 1. The Labute approximate surface area is 208 Å². The van der Waals surface area contributed by atoms with Crippen LogP contribution in [0.4, 0.5) is 5.69 Å². The molecule has 1 heterocycles. The molecule has 0 unspecified atom stereocenters. The van der Waals surface area contributed by atoms with Gasteiger partial charge in [0.25, 0.3) is 5.69 Å². The van der Waals surface area contributed by atoms with E-state index in [0.29, 0.717) is 28.5 Å². The highest BCUT2D eigenvalue weighted by Gasteiger charge is 2.45. The normalized spacial score (nSPS) is 18.0. The number of esters is 1. The summed E-state index contributed by atoms with van der Waals surface area (Å²) in [5, 5.41) is 11.7. The fourth-order valence-corrected chi connectivity index (χ4v) is 4.23. The molecule has 3 aromatic carbocycles. The molecule has 4 rings (SSSR count). The molecule has 186 valence electrons. The van der Waals surface area contributed by atoms with Crippen molar-refractivity contribution in [2.45, 2.75) is 18.7 Å². The zero-order valence-electron chi connectivity index (χ0n) is 20.1. The van der Waals surface area contributed by atoms with E-state index >= 15 is 0 Å². The van der Waals surface area contributed by atoms with Gasteiger partial charge in [0.1, 0.15) is 17.5 Å². The Bertz CT molecular complexity index is 1280. The van der Waals surface area contributed by atoms with E-state index in [2.05, 4.69) is 0 Å². The number of nitro benzene ring substituents is 1. The van der Waals surface area contributed by atoms with E-state index in [4.69, 9.17) is 18.9 Å². The van der Waals surface area contributed by atoms with Crippen molar-refractivity contribution in [3.8, 4) is 11.5 Å². The minimum absolute atomic E-state index is 0.0211. The third-order valence-electron chi connectivity index (χ3n) is 5.98. The van der Waals surface area contributed by atoms with Gasteiger partial charge in [0.2, 0.25) is 6.10 Å². The number of nitrogens with zero attached hydrogens (tertiary/aromatic N) is 2. The first-order valence-corrected chi connectivity index (χ1v) is 11.2. The Morgan fingerprint density at radius 2 is 1.75 bits per heavy atom. The summed E-state index contributed by atoms with van der Waals surface area (Å²) in [5.74, 6) is 0.948. The van der Waals surface area contributed by atoms with Crippen LogP contribution < -0.4 is 9.47 Å². The molecule has 1 fully saturated rings. The number of carbonyl (C=O) groups is 1. The number of hydrogen-bond acceptors (Lipinski definition) is 8. The second-order valence-corrected chi connectivity index (χ2v) is 8.02. The Morgan fingerprint density at radius 3 is 2.42 bits per heavy atom. The summed E-state index contributed by atoms with van der Waals surface area (Å²) in [6, 6.07) is 20.6. The van der Waals surface area contributed by atoms with Crippen molar-refractivity contribution in [3.63, 3.8) is 0 Å². The first-order chi connectivity index (χ1) is 17.5. The van der Waals surface area contributed by atoms with Gasteiger partial charge >= 0.3 is 5.97 Å².